The molecule has 0 spiro atoms. The summed E-state index contributed by atoms with van der Waals surface area (Å²) in [5.74, 6) is 0. The lowest BCUT2D eigenvalue weighted by Gasteiger charge is -2.49. The van der Waals surface area contributed by atoms with Crippen LogP contribution in [-0.2, 0) is 5.41 Å². The summed E-state index contributed by atoms with van der Waals surface area (Å²) >= 11 is 3.81. The Bertz CT molecular complexity index is 1890. The number of rotatable bonds is 0. The van der Waals surface area contributed by atoms with Crippen LogP contribution in [0.3, 0.4) is 0 Å². The lowest BCUT2D eigenvalue weighted by Crippen LogP contribution is -2.62. The van der Waals surface area contributed by atoms with Gasteiger partial charge in [-0.2, -0.15) is 0 Å². The van der Waals surface area contributed by atoms with E-state index in [2.05, 4.69) is 128 Å². The zero-order valence-electron chi connectivity index (χ0n) is 22.0. The molecular weight excluding hydrogens is 511 g/mol. The molecule has 0 amide bonds. The van der Waals surface area contributed by atoms with Gasteiger partial charge in [-0.15, -0.1) is 0 Å². The van der Waals surface area contributed by atoms with Crippen molar-refractivity contribution in [3.63, 3.8) is 0 Å². The minimum absolute atomic E-state index is 0.0260. The highest BCUT2D eigenvalue weighted by molar-refractivity contribution is 8.00. The van der Waals surface area contributed by atoms with Gasteiger partial charge < -0.3 is 9.71 Å². The summed E-state index contributed by atoms with van der Waals surface area (Å²) in [6, 6.07) is 36.6. The Morgan fingerprint density at radius 2 is 1.23 bits per heavy atom. The maximum Gasteiger partial charge on any atom is 0.333 e. The van der Waals surface area contributed by atoms with E-state index in [4.69, 9.17) is 0 Å². The molecule has 0 saturated carbocycles. The largest absolute Gasteiger partial charge is 0.374 e. The Labute approximate surface area is 238 Å². The minimum atomic E-state index is 0.0260. The fourth-order valence-electron chi connectivity index (χ4n) is 6.81. The second kappa shape index (κ2) is 7.56. The molecule has 0 N–H and O–H groups in total. The van der Waals surface area contributed by atoms with Gasteiger partial charge in [0.2, 0.25) is 0 Å². The van der Waals surface area contributed by atoms with Gasteiger partial charge in [-0.1, -0.05) is 98.9 Å². The van der Waals surface area contributed by atoms with Crippen molar-refractivity contribution < 1.29 is 0 Å². The van der Waals surface area contributed by atoms with Crippen molar-refractivity contribution in [1.82, 2.24) is 0 Å². The minimum Gasteiger partial charge on any atom is -0.374 e. The summed E-state index contributed by atoms with van der Waals surface area (Å²) in [5.41, 5.74) is 13.5. The standard InChI is InChI=1S/C34H25BN2S2/c1-34(2,3)20-18-22-21-10-8-16-29-32(21)37(25-13-5-7-15-28(25)39-29)35-23-11-9-17-30-33(23)36(26(19-20)31(22)35)24-12-4-6-14-27(24)38-30/h4-19H,1-3H3. The zero-order valence-corrected chi connectivity index (χ0v) is 23.7. The molecule has 0 unspecified atom stereocenters. The van der Waals surface area contributed by atoms with Gasteiger partial charge in [-0.3, -0.25) is 0 Å². The summed E-state index contributed by atoms with van der Waals surface area (Å²) < 4.78 is 0. The Balaban J connectivity index is 1.46. The third-order valence-electron chi connectivity index (χ3n) is 8.55. The lowest BCUT2D eigenvalue weighted by molar-refractivity contribution is 0.590. The first-order valence-corrected chi connectivity index (χ1v) is 15.2. The van der Waals surface area contributed by atoms with Gasteiger partial charge >= 0.3 is 6.85 Å². The van der Waals surface area contributed by atoms with Gasteiger partial charge in [0.1, 0.15) is 0 Å². The van der Waals surface area contributed by atoms with Crippen molar-refractivity contribution >= 4 is 69.7 Å². The van der Waals surface area contributed by atoms with E-state index in [1.54, 1.807) is 0 Å². The SMILES string of the molecule is CC(C)(C)c1cc2c3c(c1)N1c4ccccc4Sc4cccc(c41)B3N1c3ccccc3Sc3cccc-2c31. The Kier molecular flexibility index (Phi) is 4.32. The van der Waals surface area contributed by atoms with Crippen LogP contribution in [0.2, 0.25) is 0 Å². The predicted octanol–water partition coefficient (Wildman–Crippen LogP) is 8.62. The monoisotopic (exact) mass is 536 g/mol. The Morgan fingerprint density at radius 1 is 0.590 bits per heavy atom. The second-order valence-electron chi connectivity index (χ2n) is 11.8. The van der Waals surface area contributed by atoms with Crippen LogP contribution in [0.5, 0.6) is 0 Å². The smallest absolute Gasteiger partial charge is 0.333 e. The third kappa shape index (κ3) is 2.87. The highest BCUT2D eigenvalue weighted by Crippen LogP contribution is 2.58. The quantitative estimate of drug-likeness (QED) is 0.179. The molecule has 186 valence electrons. The normalized spacial score (nSPS) is 15.2. The zero-order chi connectivity index (χ0) is 26.0. The van der Waals surface area contributed by atoms with Crippen molar-refractivity contribution in [1.29, 1.82) is 0 Å². The van der Waals surface area contributed by atoms with Crippen LogP contribution in [0.1, 0.15) is 26.3 Å². The van der Waals surface area contributed by atoms with E-state index in [0.29, 0.717) is 0 Å². The molecule has 0 saturated heterocycles. The molecule has 0 aromatic heterocycles. The van der Waals surface area contributed by atoms with E-state index < -0.39 is 0 Å². The van der Waals surface area contributed by atoms with Crippen molar-refractivity contribution in [3.8, 4) is 11.1 Å². The second-order valence-corrected chi connectivity index (χ2v) is 14.0. The average Bonchev–Trinajstić information content (AvgIpc) is 2.95. The third-order valence-corrected chi connectivity index (χ3v) is 10.8. The van der Waals surface area contributed by atoms with Crippen molar-refractivity contribution in [2.24, 2.45) is 0 Å². The predicted molar refractivity (Wildman–Crippen MR) is 167 cm³/mol. The van der Waals surface area contributed by atoms with Crippen LogP contribution in [0.25, 0.3) is 11.1 Å². The molecule has 2 nitrogen and oxygen atoms in total. The highest BCUT2D eigenvalue weighted by Gasteiger charge is 2.49. The van der Waals surface area contributed by atoms with E-state index in [0.717, 1.165) is 0 Å². The van der Waals surface area contributed by atoms with E-state index in [-0.39, 0.29) is 12.3 Å². The molecule has 9 rings (SSSR count). The number of fused-ring (bicyclic) bond motifs is 8. The van der Waals surface area contributed by atoms with Gasteiger partial charge in [0.15, 0.2) is 0 Å². The van der Waals surface area contributed by atoms with Crippen molar-refractivity contribution in [2.75, 3.05) is 9.71 Å². The van der Waals surface area contributed by atoms with E-state index >= 15 is 0 Å². The Morgan fingerprint density at radius 3 is 2.00 bits per heavy atom. The molecule has 4 aliphatic rings. The first kappa shape index (κ1) is 22.3. The van der Waals surface area contributed by atoms with Gasteiger partial charge in [0.25, 0.3) is 0 Å². The number of anilines is 5. The van der Waals surface area contributed by atoms with Gasteiger partial charge in [0.05, 0.1) is 17.1 Å². The Hall–Kier alpha value is -3.54. The van der Waals surface area contributed by atoms with Crippen molar-refractivity contribution in [2.45, 2.75) is 45.8 Å². The molecule has 0 radical (unpaired) electrons. The maximum absolute atomic E-state index is 2.65. The lowest BCUT2D eigenvalue weighted by atomic mass is 9.43. The number of hydrogen-bond acceptors (Lipinski definition) is 4. The highest BCUT2D eigenvalue weighted by atomic mass is 32.2. The fraction of sp³-hybridized carbons (Fsp3) is 0.118. The van der Waals surface area contributed by atoms with E-state index in [1.807, 2.05) is 23.5 Å². The number of para-hydroxylation sites is 4. The maximum atomic E-state index is 2.65. The molecule has 0 aliphatic carbocycles. The van der Waals surface area contributed by atoms with Gasteiger partial charge in [0, 0.05) is 36.5 Å². The van der Waals surface area contributed by atoms with E-state index in [1.165, 1.54) is 75.6 Å². The van der Waals surface area contributed by atoms with Crippen LogP contribution in [0, 0.1) is 0 Å². The van der Waals surface area contributed by atoms with Gasteiger partial charge in [-0.05, 0) is 69.9 Å². The molecule has 0 fully saturated rings. The molecule has 4 heterocycles. The first-order valence-electron chi connectivity index (χ1n) is 13.6. The number of benzene rings is 5. The number of nitrogens with zero attached hydrogens (tertiary/aromatic N) is 2. The summed E-state index contributed by atoms with van der Waals surface area (Å²) in [7, 11) is 0. The first-order chi connectivity index (χ1) is 19.0. The van der Waals surface area contributed by atoms with Crippen LogP contribution in [-0.4, -0.2) is 6.85 Å². The van der Waals surface area contributed by atoms with E-state index in [9.17, 15) is 0 Å². The number of hydrogen-bond donors (Lipinski definition) is 0. The van der Waals surface area contributed by atoms with Crippen molar-refractivity contribution in [3.05, 3.63) is 103 Å². The van der Waals surface area contributed by atoms with Crippen LogP contribution >= 0.6 is 23.5 Å². The molecule has 5 heteroatoms. The van der Waals surface area contributed by atoms with Crippen LogP contribution in [0.4, 0.5) is 28.4 Å². The molecule has 5 aromatic carbocycles. The summed E-state index contributed by atoms with van der Waals surface area (Å²) in [5, 5.41) is 0. The molecule has 39 heavy (non-hydrogen) atoms. The topological polar surface area (TPSA) is 6.48 Å². The molecular formula is C34H25BN2S2. The molecule has 0 atom stereocenters. The van der Waals surface area contributed by atoms with Gasteiger partial charge in [-0.25, -0.2) is 0 Å². The fourth-order valence-corrected chi connectivity index (χ4v) is 9.01. The molecule has 0 bridgehead atoms. The molecule has 4 aliphatic heterocycles. The average molecular weight is 537 g/mol. The molecule has 5 aromatic rings. The summed E-state index contributed by atoms with van der Waals surface area (Å²) in [6.07, 6.45) is 0. The summed E-state index contributed by atoms with van der Waals surface area (Å²) in [6.45, 7) is 7.12. The summed E-state index contributed by atoms with van der Waals surface area (Å²) in [4.78, 5) is 10.5. The van der Waals surface area contributed by atoms with Crippen LogP contribution in [0.15, 0.2) is 117 Å². The van der Waals surface area contributed by atoms with Crippen LogP contribution < -0.4 is 20.6 Å².